The maximum absolute atomic E-state index is 12.1. The molecule has 1 amide bonds. The van der Waals surface area contributed by atoms with Crippen LogP contribution < -0.4 is 10.1 Å². The van der Waals surface area contributed by atoms with Gasteiger partial charge in [0.25, 0.3) is 0 Å². The van der Waals surface area contributed by atoms with Crippen LogP contribution >= 0.6 is 11.8 Å². The van der Waals surface area contributed by atoms with Gasteiger partial charge in [0, 0.05) is 11.4 Å². The van der Waals surface area contributed by atoms with Crippen molar-refractivity contribution in [3.63, 3.8) is 0 Å². The molecule has 0 atom stereocenters. The molecule has 0 fully saturated rings. The van der Waals surface area contributed by atoms with Crippen molar-refractivity contribution in [1.82, 2.24) is 5.32 Å². The zero-order chi connectivity index (χ0) is 17.5. The lowest BCUT2D eigenvalue weighted by atomic mass is 10.1. The molecule has 2 rings (SSSR count). The van der Waals surface area contributed by atoms with Crippen LogP contribution in [0.25, 0.3) is 0 Å². The van der Waals surface area contributed by atoms with E-state index in [1.807, 2.05) is 24.3 Å². The van der Waals surface area contributed by atoms with Crippen molar-refractivity contribution in [2.75, 3.05) is 19.4 Å². The molecule has 0 aromatic heterocycles. The van der Waals surface area contributed by atoms with Crippen molar-refractivity contribution in [2.45, 2.75) is 32.1 Å². The predicted octanol–water partition coefficient (Wildman–Crippen LogP) is 4.07. The highest BCUT2D eigenvalue weighted by atomic mass is 32.2. The van der Waals surface area contributed by atoms with Gasteiger partial charge in [0.1, 0.15) is 5.75 Å². The van der Waals surface area contributed by atoms with E-state index in [9.17, 15) is 4.79 Å². The van der Waals surface area contributed by atoms with Crippen molar-refractivity contribution in [2.24, 2.45) is 0 Å². The lowest BCUT2D eigenvalue weighted by Crippen LogP contribution is -2.27. The smallest absolute Gasteiger partial charge is 0.230 e. The van der Waals surface area contributed by atoms with Crippen LogP contribution in [0.3, 0.4) is 0 Å². The molecule has 0 saturated carbocycles. The van der Waals surface area contributed by atoms with E-state index in [-0.39, 0.29) is 5.91 Å². The van der Waals surface area contributed by atoms with E-state index in [0.717, 1.165) is 17.7 Å². The SMILES string of the molecule is COc1ccccc1CCNC(=O)CSc1c(C)cc(C)cc1C. The molecule has 0 aliphatic rings. The van der Waals surface area contributed by atoms with Gasteiger partial charge in [0.05, 0.1) is 12.9 Å². The third-order valence-corrected chi connectivity index (χ3v) is 5.20. The van der Waals surface area contributed by atoms with Gasteiger partial charge in [0.15, 0.2) is 0 Å². The molecule has 3 nitrogen and oxygen atoms in total. The molecule has 0 bridgehead atoms. The fraction of sp³-hybridized carbons (Fsp3) is 0.350. The predicted molar refractivity (Wildman–Crippen MR) is 101 cm³/mol. The lowest BCUT2D eigenvalue weighted by Gasteiger charge is -2.11. The molecule has 0 unspecified atom stereocenters. The third kappa shape index (κ3) is 5.03. The van der Waals surface area contributed by atoms with E-state index in [1.54, 1.807) is 18.9 Å². The second kappa shape index (κ2) is 8.78. The minimum absolute atomic E-state index is 0.0641. The second-order valence-electron chi connectivity index (χ2n) is 5.93. The number of hydrogen-bond acceptors (Lipinski definition) is 3. The minimum Gasteiger partial charge on any atom is -0.496 e. The summed E-state index contributed by atoms with van der Waals surface area (Å²) < 4.78 is 5.33. The molecule has 0 aliphatic heterocycles. The first kappa shape index (κ1) is 18.4. The zero-order valence-corrected chi connectivity index (χ0v) is 15.6. The van der Waals surface area contributed by atoms with Crippen LogP contribution in [0.4, 0.5) is 0 Å². The Morgan fingerprint density at radius 2 is 1.79 bits per heavy atom. The van der Waals surface area contributed by atoms with Crippen molar-refractivity contribution in [1.29, 1.82) is 0 Å². The summed E-state index contributed by atoms with van der Waals surface area (Å²) in [7, 11) is 1.67. The summed E-state index contributed by atoms with van der Waals surface area (Å²) in [5, 5.41) is 2.99. The number of ether oxygens (including phenoxy) is 1. The molecule has 2 aromatic rings. The number of benzene rings is 2. The molecular formula is C20H25NO2S. The van der Waals surface area contributed by atoms with Crippen LogP contribution in [0.1, 0.15) is 22.3 Å². The van der Waals surface area contributed by atoms with Crippen LogP contribution in [-0.4, -0.2) is 25.3 Å². The number of carbonyl (C=O) groups is 1. The molecule has 24 heavy (non-hydrogen) atoms. The second-order valence-corrected chi connectivity index (χ2v) is 6.91. The van der Waals surface area contributed by atoms with Crippen molar-refractivity contribution >= 4 is 17.7 Å². The summed E-state index contributed by atoms with van der Waals surface area (Å²) in [6.07, 6.45) is 0.767. The highest BCUT2D eigenvalue weighted by Crippen LogP contribution is 2.27. The van der Waals surface area contributed by atoms with E-state index in [2.05, 4.69) is 38.2 Å². The van der Waals surface area contributed by atoms with Gasteiger partial charge in [-0.05, 0) is 49.9 Å². The molecule has 0 aliphatic carbocycles. The van der Waals surface area contributed by atoms with Gasteiger partial charge >= 0.3 is 0 Å². The van der Waals surface area contributed by atoms with Crippen molar-refractivity contribution in [3.05, 3.63) is 58.7 Å². The largest absolute Gasteiger partial charge is 0.496 e. The number of thioether (sulfide) groups is 1. The number of aryl methyl sites for hydroxylation is 3. The number of amides is 1. The van der Waals surface area contributed by atoms with Gasteiger partial charge in [-0.2, -0.15) is 0 Å². The van der Waals surface area contributed by atoms with E-state index in [4.69, 9.17) is 4.74 Å². The van der Waals surface area contributed by atoms with Gasteiger partial charge in [-0.25, -0.2) is 0 Å². The molecule has 0 spiro atoms. The standard InChI is InChI=1S/C20H25NO2S/c1-14-11-15(2)20(16(3)12-14)24-13-19(22)21-10-9-17-7-5-6-8-18(17)23-4/h5-8,11-12H,9-10,13H2,1-4H3,(H,21,22). The van der Waals surface area contributed by atoms with Gasteiger partial charge in [-0.1, -0.05) is 35.9 Å². The summed E-state index contributed by atoms with van der Waals surface area (Å²) in [6, 6.07) is 12.2. The Balaban J connectivity index is 1.82. The first-order valence-corrected chi connectivity index (χ1v) is 9.09. The molecule has 128 valence electrons. The van der Waals surface area contributed by atoms with Crippen LogP contribution in [0.15, 0.2) is 41.3 Å². The fourth-order valence-electron chi connectivity index (χ4n) is 2.83. The Morgan fingerprint density at radius 3 is 2.46 bits per heavy atom. The van der Waals surface area contributed by atoms with Crippen molar-refractivity contribution in [3.8, 4) is 5.75 Å². The average molecular weight is 343 g/mol. The molecule has 0 heterocycles. The lowest BCUT2D eigenvalue weighted by molar-refractivity contribution is -0.118. The summed E-state index contributed by atoms with van der Waals surface area (Å²) in [5.41, 5.74) is 4.84. The number of rotatable bonds is 7. The fourth-order valence-corrected chi connectivity index (χ4v) is 3.78. The van der Waals surface area contributed by atoms with Gasteiger partial charge < -0.3 is 10.1 Å². The topological polar surface area (TPSA) is 38.3 Å². The van der Waals surface area contributed by atoms with E-state index in [0.29, 0.717) is 12.3 Å². The summed E-state index contributed by atoms with van der Waals surface area (Å²) >= 11 is 1.61. The summed E-state index contributed by atoms with van der Waals surface area (Å²) in [6.45, 7) is 6.91. The first-order chi connectivity index (χ1) is 11.5. The molecule has 4 heteroatoms. The number of nitrogens with one attached hydrogen (secondary N) is 1. The molecule has 1 N–H and O–H groups in total. The Bertz CT molecular complexity index is 690. The van der Waals surface area contributed by atoms with E-state index < -0.39 is 0 Å². The number of para-hydroxylation sites is 1. The van der Waals surface area contributed by atoms with Gasteiger partial charge in [-0.15, -0.1) is 11.8 Å². The Morgan fingerprint density at radius 1 is 1.12 bits per heavy atom. The monoisotopic (exact) mass is 343 g/mol. The molecular weight excluding hydrogens is 318 g/mol. The van der Waals surface area contributed by atoms with E-state index in [1.165, 1.54) is 21.6 Å². The quantitative estimate of drug-likeness (QED) is 0.770. The Labute approximate surface area is 148 Å². The van der Waals surface area contributed by atoms with Gasteiger partial charge in [0.2, 0.25) is 5.91 Å². The zero-order valence-electron chi connectivity index (χ0n) is 14.8. The highest BCUT2D eigenvalue weighted by molar-refractivity contribution is 8.00. The first-order valence-electron chi connectivity index (χ1n) is 8.10. The molecule has 2 aromatic carbocycles. The maximum atomic E-state index is 12.1. The number of methoxy groups -OCH3 is 1. The summed E-state index contributed by atoms with van der Waals surface area (Å²) in [5.74, 6) is 1.37. The van der Waals surface area contributed by atoms with Crippen LogP contribution in [0, 0.1) is 20.8 Å². The maximum Gasteiger partial charge on any atom is 0.230 e. The molecule has 0 radical (unpaired) electrons. The highest BCUT2D eigenvalue weighted by Gasteiger charge is 2.08. The number of hydrogen-bond donors (Lipinski definition) is 1. The van der Waals surface area contributed by atoms with Gasteiger partial charge in [-0.3, -0.25) is 4.79 Å². The van der Waals surface area contributed by atoms with Crippen LogP contribution in [0.2, 0.25) is 0 Å². The van der Waals surface area contributed by atoms with Crippen molar-refractivity contribution < 1.29 is 9.53 Å². The van der Waals surface area contributed by atoms with Crippen LogP contribution in [-0.2, 0) is 11.2 Å². The molecule has 0 saturated heterocycles. The van der Waals surface area contributed by atoms with Crippen LogP contribution in [0.5, 0.6) is 5.75 Å². The third-order valence-electron chi connectivity index (χ3n) is 3.86. The van der Waals surface area contributed by atoms with E-state index >= 15 is 0 Å². The average Bonchev–Trinajstić information content (AvgIpc) is 2.54. The summed E-state index contributed by atoms with van der Waals surface area (Å²) in [4.78, 5) is 13.3. The minimum atomic E-state index is 0.0641. The Kier molecular flexibility index (Phi) is 6.73. The normalized spacial score (nSPS) is 10.5. The Hall–Kier alpha value is -1.94. The number of carbonyl (C=O) groups excluding carboxylic acids is 1.